The van der Waals surface area contributed by atoms with E-state index in [4.69, 9.17) is 21.1 Å². The molecule has 3 aromatic rings. The van der Waals surface area contributed by atoms with E-state index in [0.717, 1.165) is 16.5 Å². The van der Waals surface area contributed by atoms with Crippen LogP contribution in [-0.4, -0.2) is 66.8 Å². The van der Waals surface area contributed by atoms with Gasteiger partial charge < -0.3 is 24.7 Å². The van der Waals surface area contributed by atoms with Crippen LogP contribution in [0.25, 0.3) is 10.9 Å². The number of aromatic amines is 1. The molecule has 2 N–H and O–H groups in total. The minimum Gasteiger partial charge on any atom is -0.449 e. The molecule has 1 aromatic heterocycles. The van der Waals surface area contributed by atoms with Crippen LogP contribution in [0, 0.1) is 0 Å². The Balaban J connectivity index is 1.42. The number of fused-ring (bicyclic) bond motifs is 1. The second-order valence-corrected chi connectivity index (χ2v) is 9.38. The van der Waals surface area contributed by atoms with Crippen molar-refractivity contribution in [2.24, 2.45) is 0 Å². The molecule has 198 valence electrons. The summed E-state index contributed by atoms with van der Waals surface area (Å²) in [6.45, 7) is 4.02. The Morgan fingerprint density at radius 3 is 2.65 bits per heavy atom. The summed E-state index contributed by atoms with van der Waals surface area (Å²) in [7, 11) is 0. The number of benzene rings is 2. The summed E-state index contributed by atoms with van der Waals surface area (Å²) in [5.41, 5.74) is 2.74. The summed E-state index contributed by atoms with van der Waals surface area (Å²) in [5.74, 6) is -2.30. The highest BCUT2D eigenvalue weighted by atomic mass is 35.5. The third-order valence-electron chi connectivity index (χ3n) is 6.19. The van der Waals surface area contributed by atoms with Crippen LogP contribution in [0.1, 0.15) is 34.5 Å². The van der Waals surface area contributed by atoms with Crippen molar-refractivity contribution in [2.75, 3.05) is 32.8 Å². The molecule has 0 radical (unpaired) electrons. The predicted molar refractivity (Wildman–Crippen MR) is 133 cm³/mol. The zero-order valence-corrected chi connectivity index (χ0v) is 20.9. The fourth-order valence-electron chi connectivity index (χ4n) is 4.28. The molecule has 1 aliphatic heterocycles. The summed E-state index contributed by atoms with van der Waals surface area (Å²) < 4.78 is 48.6. The third kappa shape index (κ3) is 6.82. The lowest BCUT2D eigenvalue weighted by Gasteiger charge is -2.26. The van der Waals surface area contributed by atoms with E-state index in [9.17, 15) is 22.8 Å². The van der Waals surface area contributed by atoms with Crippen molar-refractivity contribution in [3.63, 3.8) is 0 Å². The van der Waals surface area contributed by atoms with E-state index in [1.54, 1.807) is 29.2 Å². The van der Waals surface area contributed by atoms with E-state index in [-0.39, 0.29) is 18.5 Å². The van der Waals surface area contributed by atoms with Crippen LogP contribution in [0.15, 0.2) is 48.7 Å². The summed E-state index contributed by atoms with van der Waals surface area (Å²) >= 11 is 5.99. The standard InChI is InChI=1S/C26H27ClF3N3O4/c1-16(31-15-23(37-25(35)26(28,29)30)17-3-2-4-20(27)12-17)11-19-14-32-22-13-18(5-6-21(19)22)24(34)33-7-9-36-10-8-33/h2-6,12-14,16,23,31-32H,7-11,15H2,1H3/t16-,23+/m1/s1. The van der Waals surface area contributed by atoms with Gasteiger partial charge in [-0.05, 0) is 48.7 Å². The Bertz CT molecular complexity index is 1260. The summed E-state index contributed by atoms with van der Waals surface area (Å²) in [4.78, 5) is 29.3. The maximum absolute atomic E-state index is 12.8. The van der Waals surface area contributed by atoms with Crippen LogP contribution in [0.2, 0.25) is 5.02 Å². The summed E-state index contributed by atoms with van der Waals surface area (Å²) in [6, 6.07) is 11.5. The first-order valence-corrected chi connectivity index (χ1v) is 12.2. The second kappa shape index (κ2) is 11.5. The molecule has 2 atom stereocenters. The molecule has 37 heavy (non-hydrogen) atoms. The number of halogens is 4. The van der Waals surface area contributed by atoms with Gasteiger partial charge in [0.25, 0.3) is 5.91 Å². The number of rotatable bonds is 8. The Morgan fingerprint density at radius 2 is 1.95 bits per heavy atom. The molecule has 0 saturated carbocycles. The number of carbonyl (C=O) groups is 2. The van der Waals surface area contributed by atoms with Gasteiger partial charge in [-0.15, -0.1) is 0 Å². The summed E-state index contributed by atoms with van der Waals surface area (Å²) in [5, 5.41) is 4.43. The average Bonchev–Trinajstić information content (AvgIpc) is 3.27. The van der Waals surface area contributed by atoms with Crippen molar-refractivity contribution < 1.29 is 32.2 Å². The molecule has 7 nitrogen and oxygen atoms in total. The van der Waals surface area contributed by atoms with Gasteiger partial charge in [-0.1, -0.05) is 29.8 Å². The van der Waals surface area contributed by atoms with Crippen LogP contribution in [-0.2, 0) is 20.7 Å². The van der Waals surface area contributed by atoms with Crippen molar-refractivity contribution in [3.05, 3.63) is 70.4 Å². The van der Waals surface area contributed by atoms with Crippen molar-refractivity contribution in [2.45, 2.75) is 31.7 Å². The van der Waals surface area contributed by atoms with Gasteiger partial charge in [0.05, 0.1) is 13.2 Å². The number of carbonyl (C=O) groups excluding carboxylic acids is 2. The molecule has 0 aliphatic carbocycles. The molecule has 1 saturated heterocycles. The lowest BCUT2D eigenvalue weighted by Crippen LogP contribution is -2.40. The third-order valence-corrected chi connectivity index (χ3v) is 6.43. The van der Waals surface area contributed by atoms with E-state index >= 15 is 0 Å². The first-order chi connectivity index (χ1) is 17.6. The number of aromatic nitrogens is 1. The maximum atomic E-state index is 12.8. The quantitative estimate of drug-likeness (QED) is 0.408. The molecule has 0 spiro atoms. The Kier molecular flexibility index (Phi) is 8.41. The number of hydrogen-bond acceptors (Lipinski definition) is 5. The predicted octanol–water partition coefficient (Wildman–Crippen LogP) is 4.66. The molecular weight excluding hydrogens is 511 g/mol. The van der Waals surface area contributed by atoms with Gasteiger partial charge in [-0.25, -0.2) is 4.79 Å². The lowest BCUT2D eigenvalue weighted by molar-refractivity contribution is -0.205. The minimum atomic E-state index is -5.10. The number of alkyl halides is 3. The number of ether oxygens (including phenoxy) is 2. The van der Waals surface area contributed by atoms with Crippen molar-refractivity contribution in [1.29, 1.82) is 0 Å². The number of nitrogens with zero attached hydrogens (tertiary/aromatic N) is 1. The average molecular weight is 538 g/mol. The fourth-order valence-corrected chi connectivity index (χ4v) is 4.48. The summed E-state index contributed by atoms with van der Waals surface area (Å²) in [6.07, 6.45) is -3.88. The molecule has 2 heterocycles. The molecular formula is C26H27ClF3N3O4. The number of morpholine rings is 1. The van der Waals surface area contributed by atoms with Gasteiger partial charge in [-0.3, -0.25) is 4.79 Å². The topological polar surface area (TPSA) is 83.7 Å². The van der Waals surface area contributed by atoms with E-state index in [0.29, 0.717) is 48.9 Å². The number of H-pyrrole nitrogens is 1. The SMILES string of the molecule is C[C@H](Cc1c[nH]c2cc(C(=O)N3CCOCC3)ccc12)NC[C@H](OC(=O)C(F)(F)F)c1cccc(Cl)c1. The van der Waals surface area contributed by atoms with Gasteiger partial charge in [0.1, 0.15) is 6.10 Å². The molecule has 11 heteroatoms. The number of nitrogens with one attached hydrogen (secondary N) is 2. The van der Waals surface area contributed by atoms with Gasteiger partial charge >= 0.3 is 12.1 Å². The Hall–Kier alpha value is -3.08. The van der Waals surface area contributed by atoms with Crippen LogP contribution in [0.5, 0.6) is 0 Å². The van der Waals surface area contributed by atoms with Crippen LogP contribution < -0.4 is 5.32 Å². The minimum absolute atomic E-state index is 0.0378. The molecule has 2 aromatic carbocycles. The smallest absolute Gasteiger partial charge is 0.449 e. The maximum Gasteiger partial charge on any atom is 0.490 e. The van der Waals surface area contributed by atoms with Gasteiger partial charge in [-0.2, -0.15) is 13.2 Å². The van der Waals surface area contributed by atoms with Crippen LogP contribution in [0.3, 0.4) is 0 Å². The molecule has 1 fully saturated rings. The van der Waals surface area contributed by atoms with E-state index in [2.05, 4.69) is 10.3 Å². The van der Waals surface area contributed by atoms with Crippen molar-refractivity contribution in [1.82, 2.24) is 15.2 Å². The lowest BCUT2D eigenvalue weighted by atomic mass is 10.0. The van der Waals surface area contributed by atoms with Gasteiger partial charge in [0, 0.05) is 53.4 Å². The number of amides is 1. The van der Waals surface area contributed by atoms with Gasteiger partial charge in [0.15, 0.2) is 0 Å². The molecule has 4 rings (SSSR count). The zero-order chi connectivity index (χ0) is 26.6. The molecule has 1 aliphatic rings. The highest BCUT2D eigenvalue weighted by Crippen LogP contribution is 2.26. The van der Waals surface area contributed by atoms with Crippen molar-refractivity contribution >= 4 is 34.4 Å². The Labute approximate surface area is 216 Å². The second-order valence-electron chi connectivity index (χ2n) is 8.94. The highest BCUT2D eigenvalue weighted by Gasteiger charge is 2.42. The zero-order valence-electron chi connectivity index (χ0n) is 20.1. The largest absolute Gasteiger partial charge is 0.490 e. The normalized spacial score (nSPS) is 16.0. The molecule has 0 unspecified atom stereocenters. The van der Waals surface area contributed by atoms with E-state index in [1.165, 1.54) is 6.07 Å². The first kappa shape index (κ1) is 27.0. The van der Waals surface area contributed by atoms with Crippen LogP contribution >= 0.6 is 11.6 Å². The van der Waals surface area contributed by atoms with E-state index < -0.39 is 18.2 Å². The Morgan fingerprint density at radius 1 is 1.19 bits per heavy atom. The van der Waals surface area contributed by atoms with E-state index in [1.807, 2.05) is 25.3 Å². The number of esters is 1. The fraction of sp³-hybridized carbons (Fsp3) is 0.385. The monoisotopic (exact) mass is 537 g/mol. The van der Waals surface area contributed by atoms with Gasteiger partial charge in [0.2, 0.25) is 0 Å². The van der Waals surface area contributed by atoms with Crippen LogP contribution in [0.4, 0.5) is 13.2 Å². The molecule has 1 amide bonds. The number of hydrogen-bond donors (Lipinski definition) is 2. The van der Waals surface area contributed by atoms with Crippen molar-refractivity contribution in [3.8, 4) is 0 Å². The molecule has 0 bridgehead atoms. The highest BCUT2D eigenvalue weighted by molar-refractivity contribution is 6.30. The first-order valence-electron chi connectivity index (χ1n) is 11.9.